The predicted octanol–water partition coefficient (Wildman–Crippen LogP) is 2.76. The van der Waals surface area contributed by atoms with Crippen molar-refractivity contribution in [2.75, 3.05) is 0 Å². The van der Waals surface area contributed by atoms with Gasteiger partial charge in [0.1, 0.15) is 0 Å². The van der Waals surface area contributed by atoms with Gasteiger partial charge in [-0.05, 0) is 12.8 Å². The zero-order valence-electron chi connectivity index (χ0n) is 9.41. The monoisotopic (exact) mass is 214 g/mol. The minimum absolute atomic E-state index is 0.248. The van der Waals surface area contributed by atoms with E-state index in [1.807, 2.05) is 0 Å². The highest BCUT2D eigenvalue weighted by Gasteiger charge is 2.10. The molecule has 1 rings (SSSR count). The molecule has 1 aliphatic rings. The molecule has 0 saturated carbocycles. The van der Waals surface area contributed by atoms with Gasteiger partial charge in [-0.2, -0.15) is 0 Å². The first-order chi connectivity index (χ1) is 7.29. The number of ether oxygens (including phenoxy) is 1. The number of cyclic esters (lactones) is 1. The minimum Gasteiger partial charge on any atom is -0.436 e. The summed E-state index contributed by atoms with van der Waals surface area (Å²) in [5, 5.41) is 9.39. The van der Waals surface area contributed by atoms with Crippen LogP contribution in [0.2, 0.25) is 0 Å². The highest BCUT2D eigenvalue weighted by atomic mass is 16.6. The molecule has 0 aromatic carbocycles. The molecule has 1 heterocycles. The smallest absolute Gasteiger partial charge is 0.308 e. The van der Waals surface area contributed by atoms with Crippen molar-refractivity contribution in [2.24, 2.45) is 0 Å². The Morgan fingerprint density at radius 3 is 2.13 bits per heavy atom. The number of hydrogen-bond donors (Lipinski definition) is 1. The summed E-state index contributed by atoms with van der Waals surface area (Å²) < 4.78 is 4.88. The zero-order chi connectivity index (χ0) is 10.9. The normalized spacial score (nSPS) is 27.0. The summed E-state index contributed by atoms with van der Waals surface area (Å²) in [5.41, 5.74) is 0. The van der Waals surface area contributed by atoms with Crippen LogP contribution in [0.1, 0.15) is 64.2 Å². The molecule has 0 aromatic rings. The topological polar surface area (TPSA) is 46.5 Å². The van der Waals surface area contributed by atoms with Gasteiger partial charge in [0.25, 0.3) is 0 Å². The summed E-state index contributed by atoms with van der Waals surface area (Å²) in [6, 6.07) is 0. The Labute approximate surface area is 91.8 Å². The second-order valence-corrected chi connectivity index (χ2v) is 4.31. The standard InChI is InChI=1S/C12H22O3/c13-11-9-7-5-3-1-2-4-6-8-10-12(14)15-11/h11,13H,1-10H2. The molecule has 88 valence electrons. The minimum atomic E-state index is -0.877. The number of aliphatic hydroxyl groups excluding tert-OH is 1. The van der Waals surface area contributed by atoms with Gasteiger partial charge in [-0.3, -0.25) is 4.79 Å². The van der Waals surface area contributed by atoms with E-state index in [-0.39, 0.29) is 5.97 Å². The van der Waals surface area contributed by atoms with Gasteiger partial charge >= 0.3 is 5.97 Å². The first kappa shape index (κ1) is 12.5. The van der Waals surface area contributed by atoms with Crippen LogP contribution in [-0.4, -0.2) is 17.4 Å². The number of aliphatic hydroxyl groups is 1. The third-order valence-corrected chi connectivity index (χ3v) is 2.85. The Bertz CT molecular complexity index is 180. The van der Waals surface area contributed by atoms with E-state index in [2.05, 4.69) is 0 Å². The van der Waals surface area contributed by atoms with Crippen molar-refractivity contribution in [3.05, 3.63) is 0 Å². The third kappa shape index (κ3) is 6.50. The molecule has 0 bridgehead atoms. The number of carbonyl (C=O) groups is 1. The fraction of sp³-hybridized carbons (Fsp3) is 0.917. The van der Waals surface area contributed by atoms with Crippen molar-refractivity contribution >= 4 is 5.97 Å². The SMILES string of the molecule is O=C1CCCCCCCCCCC(O)O1. The lowest BCUT2D eigenvalue weighted by Crippen LogP contribution is -2.17. The highest BCUT2D eigenvalue weighted by molar-refractivity contribution is 5.69. The van der Waals surface area contributed by atoms with Crippen LogP contribution in [0.3, 0.4) is 0 Å². The van der Waals surface area contributed by atoms with E-state index in [4.69, 9.17) is 4.74 Å². The van der Waals surface area contributed by atoms with E-state index in [0.717, 1.165) is 25.7 Å². The van der Waals surface area contributed by atoms with Gasteiger partial charge in [-0.25, -0.2) is 0 Å². The maximum Gasteiger partial charge on any atom is 0.308 e. The molecule has 0 spiro atoms. The summed E-state index contributed by atoms with van der Waals surface area (Å²) in [5.74, 6) is -0.248. The molecule has 1 N–H and O–H groups in total. The molecule has 15 heavy (non-hydrogen) atoms. The lowest BCUT2D eigenvalue weighted by molar-refractivity contribution is -0.168. The largest absolute Gasteiger partial charge is 0.436 e. The molecular weight excluding hydrogens is 192 g/mol. The number of esters is 1. The van der Waals surface area contributed by atoms with E-state index < -0.39 is 6.29 Å². The van der Waals surface area contributed by atoms with E-state index in [1.54, 1.807) is 0 Å². The molecule has 0 radical (unpaired) electrons. The van der Waals surface area contributed by atoms with E-state index in [1.165, 1.54) is 25.7 Å². The molecule has 3 nitrogen and oxygen atoms in total. The van der Waals surface area contributed by atoms with Gasteiger partial charge in [-0.1, -0.05) is 38.5 Å². The number of rotatable bonds is 0. The van der Waals surface area contributed by atoms with Crippen molar-refractivity contribution in [1.29, 1.82) is 0 Å². The lowest BCUT2D eigenvalue weighted by atomic mass is 10.1. The number of carbonyl (C=O) groups excluding carboxylic acids is 1. The van der Waals surface area contributed by atoms with Crippen LogP contribution < -0.4 is 0 Å². The van der Waals surface area contributed by atoms with E-state index in [9.17, 15) is 9.90 Å². The van der Waals surface area contributed by atoms with Crippen molar-refractivity contribution in [3.63, 3.8) is 0 Å². The van der Waals surface area contributed by atoms with E-state index >= 15 is 0 Å². The quantitative estimate of drug-likeness (QED) is 0.631. The van der Waals surface area contributed by atoms with Gasteiger partial charge in [0, 0.05) is 12.8 Å². The molecule has 3 heteroatoms. The average Bonchev–Trinajstić information content (AvgIpc) is 2.21. The van der Waals surface area contributed by atoms with Gasteiger partial charge in [0.2, 0.25) is 6.29 Å². The third-order valence-electron chi connectivity index (χ3n) is 2.85. The van der Waals surface area contributed by atoms with Crippen LogP contribution in [0, 0.1) is 0 Å². The summed E-state index contributed by atoms with van der Waals surface area (Å²) in [7, 11) is 0. The van der Waals surface area contributed by atoms with Crippen molar-refractivity contribution < 1.29 is 14.6 Å². The maximum absolute atomic E-state index is 11.2. The molecule has 0 amide bonds. The maximum atomic E-state index is 11.2. The summed E-state index contributed by atoms with van der Waals surface area (Å²) in [4.78, 5) is 11.2. The first-order valence-electron chi connectivity index (χ1n) is 6.16. The molecule has 1 atom stereocenters. The Morgan fingerprint density at radius 2 is 1.47 bits per heavy atom. The number of hydrogen-bond acceptors (Lipinski definition) is 3. The van der Waals surface area contributed by atoms with Crippen molar-refractivity contribution in [3.8, 4) is 0 Å². The van der Waals surface area contributed by atoms with E-state index in [0.29, 0.717) is 12.8 Å². The second kappa shape index (κ2) is 7.69. The molecule has 1 aliphatic heterocycles. The van der Waals surface area contributed by atoms with Crippen LogP contribution >= 0.6 is 0 Å². The Kier molecular flexibility index (Phi) is 6.41. The van der Waals surface area contributed by atoms with Crippen LogP contribution in [0.25, 0.3) is 0 Å². The molecule has 1 unspecified atom stereocenters. The highest BCUT2D eigenvalue weighted by Crippen LogP contribution is 2.14. The van der Waals surface area contributed by atoms with Crippen molar-refractivity contribution in [1.82, 2.24) is 0 Å². The summed E-state index contributed by atoms with van der Waals surface area (Å²) in [6.45, 7) is 0. The van der Waals surface area contributed by atoms with Gasteiger partial charge in [0.05, 0.1) is 0 Å². The Hall–Kier alpha value is -0.570. The molecule has 1 fully saturated rings. The summed E-state index contributed by atoms with van der Waals surface area (Å²) >= 11 is 0. The van der Waals surface area contributed by atoms with Crippen LogP contribution in [0.5, 0.6) is 0 Å². The fourth-order valence-corrected chi connectivity index (χ4v) is 1.92. The first-order valence-corrected chi connectivity index (χ1v) is 6.16. The second-order valence-electron chi connectivity index (χ2n) is 4.31. The van der Waals surface area contributed by atoms with Crippen LogP contribution in [0.15, 0.2) is 0 Å². The molecular formula is C12H22O3. The molecule has 0 aromatic heterocycles. The Balaban J connectivity index is 2.26. The predicted molar refractivity (Wildman–Crippen MR) is 58.3 cm³/mol. The van der Waals surface area contributed by atoms with Crippen molar-refractivity contribution in [2.45, 2.75) is 70.5 Å². The van der Waals surface area contributed by atoms with Gasteiger partial charge in [-0.15, -0.1) is 0 Å². The average molecular weight is 214 g/mol. The van der Waals surface area contributed by atoms with Crippen LogP contribution in [0.4, 0.5) is 0 Å². The fourth-order valence-electron chi connectivity index (χ4n) is 1.92. The lowest BCUT2D eigenvalue weighted by Gasteiger charge is -2.11. The van der Waals surface area contributed by atoms with Gasteiger partial charge < -0.3 is 9.84 Å². The summed E-state index contributed by atoms with van der Waals surface area (Å²) in [6.07, 6.45) is 9.26. The molecule has 0 aliphatic carbocycles. The Morgan fingerprint density at radius 1 is 0.933 bits per heavy atom. The van der Waals surface area contributed by atoms with Gasteiger partial charge in [0.15, 0.2) is 0 Å². The van der Waals surface area contributed by atoms with Crippen LogP contribution in [-0.2, 0) is 9.53 Å². The molecule has 1 saturated heterocycles. The zero-order valence-corrected chi connectivity index (χ0v) is 9.41.